The van der Waals surface area contributed by atoms with Gasteiger partial charge in [-0.05, 0) is 31.3 Å². The van der Waals surface area contributed by atoms with Gasteiger partial charge in [0.05, 0.1) is 12.0 Å². The molecule has 3 N–H and O–H groups in total. The molecule has 80 valence electrons. The van der Waals surface area contributed by atoms with E-state index in [9.17, 15) is 0 Å². The molecule has 0 aliphatic rings. The number of hydrogen-bond donors (Lipinski definition) is 2. The van der Waals surface area contributed by atoms with Crippen LogP contribution < -0.4 is 15.8 Å². The molecule has 14 heavy (non-hydrogen) atoms. The summed E-state index contributed by atoms with van der Waals surface area (Å²) in [7, 11) is 1.70. The summed E-state index contributed by atoms with van der Waals surface area (Å²) in [5, 5.41) is 5.46. The molecule has 0 bridgehead atoms. The van der Waals surface area contributed by atoms with Crippen LogP contribution in [0, 0.1) is 0 Å². The fourth-order valence-electron chi connectivity index (χ4n) is 1.26. The van der Waals surface area contributed by atoms with Crippen LogP contribution in [0.15, 0.2) is 11.4 Å². The zero-order chi connectivity index (χ0) is 10.4. The molecule has 0 aliphatic heterocycles. The second-order valence-electron chi connectivity index (χ2n) is 3.27. The van der Waals surface area contributed by atoms with Gasteiger partial charge in [-0.3, -0.25) is 0 Å². The average molecular weight is 214 g/mol. The Balaban J connectivity index is 2.37. The number of nitrogens with one attached hydrogen (secondary N) is 1. The Kier molecular flexibility index (Phi) is 4.93. The monoisotopic (exact) mass is 214 g/mol. The molecule has 0 saturated carbocycles. The number of thiophene rings is 1. The quantitative estimate of drug-likeness (QED) is 0.756. The summed E-state index contributed by atoms with van der Waals surface area (Å²) in [6.07, 6.45) is 1.01. The van der Waals surface area contributed by atoms with Crippen molar-refractivity contribution in [3.63, 3.8) is 0 Å². The van der Waals surface area contributed by atoms with Crippen LogP contribution in [0.5, 0.6) is 5.75 Å². The zero-order valence-electron chi connectivity index (χ0n) is 8.75. The van der Waals surface area contributed by atoms with Crippen LogP contribution >= 0.6 is 11.3 Å². The van der Waals surface area contributed by atoms with E-state index >= 15 is 0 Å². The van der Waals surface area contributed by atoms with Crippen molar-refractivity contribution in [1.29, 1.82) is 0 Å². The minimum Gasteiger partial charge on any atom is -0.496 e. The third-order valence-electron chi connectivity index (χ3n) is 2.14. The molecule has 0 aliphatic carbocycles. The summed E-state index contributed by atoms with van der Waals surface area (Å²) in [6.45, 7) is 3.74. The standard InChI is InChI=1S/C10H18N2OS/c1-8(3-5-11)12-7-10-9(13-2)4-6-14-10/h4,6,8,12H,3,5,7,11H2,1-2H3. The fourth-order valence-corrected chi connectivity index (χ4v) is 2.05. The van der Waals surface area contributed by atoms with E-state index in [0.717, 1.165) is 25.3 Å². The lowest BCUT2D eigenvalue weighted by Gasteiger charge is -2.12. The van der Waals surface area contributed by atoms with Crippen molar-refractivity contribution in [1.82, 2.24) is 5.32 Å². The van der Waals surface area contributed by atoms with E-state index in [1.807, 2.05) is 11.4 Å². The van der Waals surface area contributed by atoms with Crippen molar-refractivity contribution in [2.24, 2.45) is 5.73 Å². The first-order valence-corrected chi connectivity index (χ1v) is 5.69. The summed E-state index contributed by atoms with van der Waals surface area (Å²) in [5.74, 6) is 0.974. The zero-order valence-corrected chi connectivity index (χ0v) is 9.56. The molecule has 0 saturated heterocycles. The van der Waals surface area contributed by atoms with Gasteiger partial charge in [0, 0.05) is 12.6 Å². The third kappa shape index (κ3) is 3.29. The molecule has 1 atom stereocenters. The molecule has 0 radical (unpaired) electrons. The Bertz CT molecular complexity index is 262. The van der Waals surface area contributed by atoms with Crippen LogP contribution in [-0.4, -0.2) is 19.7 Å². The molecule has 4 heteroatoms. The lowest BCUT2D eigenvalue weighted by molar-refractivity contribution is 0.408. The fraction of sp³-hybridized carbons (Fsp3) is 0.600. The van der Waals surface area contributed by atoms with Gasteiger partial charge in [-0.15, -0.1) is 11.3 Å². The van der Waals surface area contributed by atoms with Gasteiger partial charge in [0.1, 0.15) is 5.75 Å². The Morgan fingerprint density at radius 1 is 1.64 bits per heavy atom. The highest BCUT2D eigenvalue weighted by Crippen LogP contribution is 2.23. The van der Waals surface area contributed by atoms with Crippen LogP contribution in [0.4, 0.5) is 0 Å². The minimum absolute atomic E-state index is 0.465. The van der Waals surface area contributed by atoms with E-state index in [2.05, 4.69) is 12.2 Å². The van der Waals surface area contributed by atoms with Gasteiger partial charge < -0.3 is 15.8 Å². The Morgan fingerprint density at radius 2 is 2.43 bits per heavy atom. The van der Waals surface area contributed by atoms with Gasteiger partial charge in [-0.25, -0.2) is 0 Å². The summed E-state index contributed by atoms with van der Waals surface area (Å²) < 4.78 is 5.22. The third-order valence-corrected chi connectivity index (χ3v) is 3.04. The smallest absolute Gasteiger partial charge is 0.134 e. The first kappa shape index (κ1) is 11.5. The largest absolute Gasteiger partial charge is 0.496 e. The lowest BCUT2D eigenvalue weighted by Crippen LogP contribution is -2.27. The molecular formula is C10H18N2OS. The predicted molar refractivity (Wildman–Crippen MR) is 60.8 cm³/mol. The molecule has 3 nitrogen and oxygen atoms in total. The maximum Gasteiger partial charge on any atom is 0.134 e. The highest BCUT2D eigenvalue weighted by atomic mass is 32.1. The van der Waals surface area contributed by atoms with Gasteiger partial charge >= 0.3 is 0 Å². The van der Waals surface area contributed by atoms with Crippen molar-refractivity contribution in [3.05, 3.63) is 16.3 Å². The van der Waals surface area contributed by atoms with Crippen molar-refractivity contribution in [2.75, 3.05) is 13.7 Å². The first-order valence-electron chi connectivity index (χ1n) is 4.81. The second kappa shape index (κ2) is 6.01. The van der Waals surface area contributed by atoms with Gasteiger partial charge in [-0.1, -0.05) is 0 Å². The highest BCUT2D eigenvalue weighted by Gasteiger charge is 2.05. The van der Waals surface area contributed by atoms with Crippen LogP contribution in [0.25, 0.3) is 0 Å². The number of methoxy groups -OCH3 is 1. The van der Waals surface area contributed by atoms with Gasteiger partial charge in [0.2, 0.25) is 0 Å². The normalized spacial score (nSPS) is 12.8. The summed E-state index contributed by atoms with van der Waals surface area (Å²) >= 11 is 1.72. The molecule has 0 amide bonds. The molecular weight excluding hydrogens is 196 g/mol. The van der Waals surface area contributed by atoms with E-state index in [0.29, 0.717) is 6.04 Å². The summed E-state index contributed by atoms with van der Waals surface area (Å²) in [4.78, 5) is 1.25. The Morgan fingerprint density at radius 3 is 3.07 bits per heavy atom. The van der Waals surface area contributed by atoms with Gasteiger partial charge in [-0.2, -0.15) is 0 Å². The highest BCUT2D eigenvalue weighted by molar-refractivity contribution is 7.10. The van der Waals surface area contributed by atoms with Crippen molar-refractivity contribution in [2.45, 2.75) is 25.9 Å². The average Bonchev–Trinajstić information content (AvgIpc) is 2.62. The molecule has 0 spiro atoms. The predicted octanol–water partition coefficient (Wildman–Crippen LogP) is 1.58. The number of rotatable bonds is 6. The molecule has 1 unspecified atom stereocenters. The van der Waals surface area contributed by atoms with Crippen LogP contribution in [0.1, 0.15) is 18.2 Å². The Hall–Kier alpha value is -0.580. The number of nitrogens with two attached hydrogens (primary N) is 1. The van der Waals surface area contributed by atoms with Gasteiger partial charge in [0.15, 0.2) is 0 Å². The van der Waals surface area contributed by atoms with Crippen LogP contribution in [0.2, 0.25) is 0 Å². The maximum absolute atomic E-state index is 5.47. The Labute approximate surface area is 89.3 Å². The molecule has 1 aromatic heterocycles. The van der Waals surface area contributed by atoms with E-state index < -0.39 is 0 Å². The molecule has 1 heterocycles. The number of ether oxygens (including phenoxy) is 1. The summed E-state index contributed by atoms with van der Waals surface area (Å²) in [6, 6.07) is 2.46. The second-order valence-corrected chi connectivity index (χ2v) is 4.27. The molecule has 1 aromatic rings. The summed E-state index contributed by atoms with van der Waals surface area (Å²) in [5.41, 5.74) is 5.47. The molecule has 1 rings (SSSR count). The molecule has 0 fully saturated rings. The van der Waals surface area contributed by atoms with E-state index in [-0.39, 0.29) is 0 Å². The first-order chi connectivity index (χ1) is 6.77. The maximum atomic E-state index is 5.47. The van der Waals surface area contributed by atoms with Gasteiger partial charge in [0.25, 0.3) is 0 Å². The van der Waals surface area contributed by atoms with Crippen molar-refractivity contribution >= 4 is 11.3 Å². The van der Waals surface area contributed by atoms with E-state index in [1.54, 1.807) is 18.4 Å². The van der Waals surface area contributed by atoms with Crippen molar-refractivity contribution in [3.8, 4) is 5.75 Å². The molecule has 0 aromatic carbocycles. The minimum atomic E-state index is 0.465. The van der Waals surface area contributed by atoms with E-state index in [4.69, 9.17) is 10.5 Å². The van der Waals surface area contributed by atoms with Crippen molar-refractivity contribution < 1.29 is 4.74 Å². The topological polar surface area (TPSA) is 47.3 Å². The SMILES string of the molecule is COc1ccsc1CNC(C)CCN. The van der Waals surface area contributed by atoms with E-state index in [1.165, 1.54) is 4.88 Å². The lowest BCUT2D eigenvalue weighted by atomic mass is 10.2. The number of hydrogen-bond acceptors (Lipinski definition) is 4. The van der Waals surface area contributed by atoms with Crippen LogP contribution in [0.3, 0.4) is 0 Å². The van der Waals surface area contributed by atoms with Crippen LogP contribution in [-0.2, 0) is 6.54 Å².